The van der Waals surface area contributed by atoms with Crippen molar-refractivity contribution in [2.24, 2.45) is 0 Å². The van der Waals surface area contributed by atoms with Crippen molar-refractivity contribution in [3.8, 4) is 11.5 Å². The van der Waals surface area contributed by atoms with Crippen molar-refractivity contribution < 1.29 is 9.84 Å². The number of ether oxygens (including phenoxy) is 1. The molecule has 0 bridgehead atoms. The van der Waals surface area contributed by atoms with E-state index in [-0.39, 0.29) is 5.75 Å². The highest BCUT2D eigenvalue weighted by atomic mass is 79.9. The average molecular weight is 391 g/mol. The summed E-state index contributed by atoms with van der Waals surface area (Å²) in [5.41, 5.74) is 2.63. The second-order valence-electron chi connectivity index (χ2n) is 4.56. The third-order valence-corrected chi connectivity index (χ3v) is 4.36. The van der Waals surface area contributed by atoms with Gasteiger partial charge in [-0.05, 0) is 58.2 Å². The molecular weight excluding hydrogens is 377 g/mol. The minimum absolute atomic E-state index is 0.0812. The lowest BCUT2D eigenvalue weighted by molar-refractivity contribution is 0.371. The highest BCUT2D eigenvalue weighted by Crippen LogP contribution is 2.36. The number of aromatic hydroxyl groups is 1. The number of aryl methyl sites for hydroxylation is 1. The molecule has 2 aromatic carbocycles. The maximum atomic E-state index is 9.79. The Bertz CT molecular complexity index is 677. The monoisotopic (exact) mass is 389 g/mol. The number of hydrogen-bond donors (Lipinski definition) is 2. The molecule has 0 aliphatic carbocycles. The summed E-state index contributed by atoms with van der Waals surface area (Å²) in [6.07, 6.45) is 0. The molecule has 3 nitrogen and oxygen atoms in total. The van der Waals surface area contributed by atoms with Gasteiger partial charge in [0.25, 0.3) is 0 Å². The Balaban J connectivity index is 2.21. The molecule has 2 N–H and O–H groups in total. The van der Waals surface area contributed by atoms with Crippen LogP contribution >= 0.6 is 39.1 Å². The molecule has 0 spiro atoms. The van der Waals surface area contributed by atoms with Gasteiger partial charge in [0.1, 0.15) is 0 Å². The molecule has 6 heteroatoms. The van der Waals surface area contributed by atoms with Gasteiger partial charge in [-0.15, -0.1) is 0 Å². The maximum Gasteiger partial charge on any atom is 0.172 e. The van der Waals surface area contributed by atoms with Crippen LogP contribution in [-0.2, 0) is 6.54 Å². The standard InChI is InChI=1S/C15H14BrCl2NO2/c1-8-3-12(18)13(6-11(8)17)19-7-9-4-10(16)15(20)14(5-9)21-2/h3-6,19-20H,7H2,1-2H3. The number of hydrogen-bond acceptors (Lipinski definition) is 3. The molecule has 21 heavy (non-hydrogen) atoms. The van der Waals surface area contributed by atoms with Crippen LogP contribution in [0.2, 0.25) is 10.0 Å². The number of phenolic OH excluding ortho intramolecular Hbond substituents is 1. The van der Waals surface area contributed by atoms with E-state index >= 15 is 0 Å². The zero-order valence-electron chi connectivity index (χ0n) is 11.5. The summed E-state index contributed by atoms with van der Waals surface area (Å²) in [6, 6.07) is 7.19. The molecule has 0 atom stereocenters. The zero-order valence-corrected chi connectivity index (χ0v) is 14.6. The van der Waals surface area contributed by atoms with E-state index in [0.717, 1.165) is 16.8 Å². The molecule has 0 amide bonds. The maximum absolute atomic E-state index is 9.79. The van der Waals surface area contributed by atoms with Gasteiger partial charge >= 0.3 is 0 Å². The first-order valence-electron chi connectivity index (χ1n) is 6.17. The summed E-state index contributed by atoms with van der Waals surface area (Å²) in [5, 5.41) is 14.3. The van der Waals surface area contributed by atoms with Gasteiger partial charge in [0.05, 0.1) is 22.3 Å². The molecule has 0 fully saturated rings. The van der Waals surface area contributed by atoms with Crippen molar-refractivity contribution in [2.45, 2.75) is 13.5 Å². The van der Waals surface area contributed by atoms with Gasteiger partial charge in [-0.25, -0.2) is 0 Å². The number of methoxy groups -OCH3 is 1. The van der Waals surface area contributed by atoms with E-state index in [0.29, 0.717) is 26.8 Å². The summed E-state index contributed by atoms with van der Waals surface area (Å²) >= 11 is 15.6. The molecule has 0 saturated carbocycles. The third-order valence-electron chi connectivity index (χ3n) is 3.04. The normalized spacial score (nSPS) is 10.5. The van der Waals surface area contributed by atoms with Crippen molar-refractivity contribution in [3.63, 3.8) is 0 Å². The van der Waals surface area contributed by atoms with Crippen LogP contribution in [0.15, 0.2) is 28.7 Å². The van der Waals surface area contributed by atoms with Crippen LogP contribution in [-0.4, -0.2) is 12.2 Å². The van der Waals surface area contributed by atoms with Crippen LogP contribution in [0.3, 0.4) is 0 Å². The Morgan fingerprint density at radius 2 is 1.90 bits per heavy atom. The van der Waals surface area contributed by atoms with E-state index in [4.69, 9.17) is 27.9 Å². The largest absolute Gasteiger partial charge is 0.503 e. The first-order valence-corrected chi connectivity index (χ1v) is 7.72. The average Bonchev–Trinajstić information content (AvgIpc) is 2.44. The lowest BCUT2D eigenvalue weighted by Gasteiger charge is -2.12. The molecule has 2 rings (SSSR count). The van der Waals surface area contributed by atoms with Gasteiger partial charge in [0.2, 0.25) is 0 Å². The smallest absolute Gasteiger partial charge is 0.172 e. The molecule has 2 aromatic rings. The number of nitrogens with one attached hydrogen (secondary N) is 1. The molecule has 112 valence electrons. The Morgan fingerprint density at radius 1 is 1.19 bits per heavy atom. The summed E-state index contributed by atoms with van der Waals surface area (Å²) in [4.78, 5) is 0. The van der Waals surface area contributed by atoms with E-state index in [9.17, 15) is 5.11 Å². The summed E-state index contributed by atoms with van der Waals surface area (Å²) in [6.45, 7) is 2.42. The molecular formula is C15H14BrCl2NO2. The minimum atomic E-state index is 0.0812. The van der Waals surface area contributed by atoms with Crippen LogP contribution in [0.1, 0.15) is 11.1 Å². The second-order valence-corrected chi connectivity index (χ2v) is 6.23. The summed E-state index contributed by atoms with van der Waals surface area (Å²) < 4.78 is 5.70. The van der Waals surface area contributed by atoms with Crippen molar-refractivity contribution in [1.29, 1.82) is 0 Å². The predicted octanol–water partition coefficient (Wildman–Crippen LogP) is 5.39. The van der Waals surface area contributed by atoms with Crippen LogP contribution in [0, 0.1) is 6.92 Å². The van der Waals surface area contributed by atoms with Gasteiger partial charge in [0.15, 0.2) is 11.5 Å². The van der Waals surface area contributed by atoms with E-state index in [1.807, 2.05) is 19.1 Å². The van der Waals surface area contributed by atoms with Crippen molar-refractivity contribution in [2.75, 3.05) is 12.4 Å². The topological polar surface area (TPSA) is 41.5 Å². The number of rotatable bonds is 4. The van der Waals surface area contributed by atoms with Crippen molar-refractivity contribution >= 4 is 44.8 Å². The lowest BCUT2D eigenvalue weighted by atomic mass is 10.2. The van der Waals surface area contributed by atoms with Gasteiger partial charge < -0.3 is 15.2 Å². The Kier molecular flexibility index (Phi) is 5.25. The van der Waals surface area contributed by atoms with Crippen molar-refractivity contribution in [1.82, 2.24) is 0 Å². The predicted molar refractivity (Wildman–Crippen MR) is 90.9 cm³/mol. The SMILES string of the molecule is COc1cc(CNc2cc(Cl)c(C)cc2Cl)cc(Br)c1O. The highest BCUT2D eigenvalue weighted by molar-refractivity contribution is 9.10. The van der Waals surface area contributed by atoms with Gasteiger partial charge in [-0.3, -0.25) is 0 Å². The van der Waals surface area contributed by atoms with Gasteiger partial charge in [0, 0.05) is 11.6 Å². The third kappa shape index (κ3) is 3.76. The summed E-state index contributed by atoms with van der Waals surface area (Å²) in [5.74, 6) is 0.492. The first kappa shape index (κ1) is 16.3. The Morgan fingerprint density at radius 3 is 2.57 bits per heavy atom. The van der Waals surface area contributed by atoms with Crippen LogP contribution in [0.4, 0.5) is 5.69 Å². The quantitative estimate of drug-likeness (QED) is 0.735. The Hall–Kier alpha value is -1.10. The van der Waals surface area contributed by atoms with Gasteiger partial charge in [-0.1, -0.05) is 23.2 Å². The number of phenols is 1. The van der Waals surface area contributed by atoms with E-state index in [1.54, 1.807) is 12.1 Å². The van der Waals surface area contributed by atoms with Crippen LogP contribution < -0.4 is 10.1 Å². The molecule has 0 radical (unpaired) electrons. The number of halogens is 3. The fraction of sp³-hybridized carbons (Fsp3) is 0.200. The molecule has 0 aromatic heterocycles. The number of anilines is 1. The second kappa shape index (κ2) is 6.77. The highest BCUT2D eigenvalue weighted by Gasteiger charge is 2.09. The van der Waals surface area contributed by atoms with E-state index in [2.05, 4.69) is 21.2 Å². The number of benzene rings is 2. The van der Waals surface area contributed by atoms with Crippen LogP contribution in [0.25, 0.3) is 0 Å². The molecule has 0 aliphatic rings. The lowest BCUT2D eigenvalue weighted by Crippen LogP contribution is -2.01. The first-order chi connectivity index (χ1) is 9.92. The summed E-state index contributed by atoms with van der Waals surface area (Å²) in [7, 11) is 1.51. The van der Waals surface area contributed by atoms with Crippen LogP contribution in [0.5, 0.6) is 11.5 Å². The fourth-order valence-corrected chi connectivity index (χ4v) is 2.80. The van der Waals surface area contributed by atoms with Gasteiger partial charge in [-0.2, -0.15) is 0 Å². The molecule has 0 aliphatic heterocycles. The van der Waals surface area contributed by atoms with E-state index in [1.165, 1.54) is 7.11 Å². The van der Waals surface area contributed by atoms with E-state index < -0.39 is 0 Å². The molecule has 0 saturated heterocycles. The Labute approximate surface area is 142 Å². The molecule has 0 heterocycles. The fourth-order valence-electron chi connectivity index (χ4n) is 1.86. The zero-order chi connectivity index (χ0) is 15.6. The van der Waals surface area contributed by atoms with Crippen molar-refractivity contribution in [3.05, 3.63) is 49.9 Å². The molecule has 0 unspecified atom stereocenters. The minimum Gasteiger partial charge on any atom is -0.503 e.